The maximum absolute atomic E-state index is 13.2. The van der Waals surface area contributed by atoms with Gasteiger partial charge in [-0.05, 0) is 42.4 Å². The van der Waals surface area contributed by atoms with Gasteiger partial charge in [0.2, 0.25) is 23.6 Å². The molecule has 0 bridgehead atoms. The van der Waals surface area contributed by atoms with Gasteiger partial charge in [-0.2, -0.15) is 11.8 Å². The van der Waals surface area contributed by atoms with E-state index in [0.717, 1.165) is 16.5 Å². The third-order valence-corrected chi connectivity index (χ3v) is 6.89. The van der Waals surface area contributed by atoms with Crippen molar-refractivity contribution in [2.75, 3.05) is 12.0 Å². The zero-order valence-corrected chi connectivity index (χ0v) is 23.2. The minimum atomic E-state index is -1.23. The Balaban J connectivity index is 2.12. The number of carbonyl (C=O) groups excluding carboxylic acids is 4. The van der Waals surface area contributed by atoms with E-state index in [1.165, 1.54) is 11.8 Å². The Morgan fingerprint density at radius 1 is 0.974 bits per heavy atom. The van der Waals surface area contributed by atoms with Gasteiger partial charge in [-0.1, -0.05) is 32.0 Å². The molecule has 214 valence electrons. The Morgan fingerprint density at radius 3 is 2.26 bits per heavy atom. The Bertz CT molecular complexity index is 1170. The second-order valence-electron chi connectivity index (χ2n) is 9.65. The summed E-state index contributed by atoms with van der Waals surface area (Å²) >= 11 is 1.47. The van der Waals surface area contributed by atoms with Crippen molar-refractivity contribution in [2.45, 2.75) is 63.7 Å². The number of aromatic nitrogens is 1. The van der Waals surface area contributed by atoms with Crippen molar-refractivity contribution >= 4 is 52.3 Å². The van der Waals surface area contributed by atoms with E-state index in [2.05, 4.69) is 20.9 Å². The van der Waals surface area contributed by atoms with Crippen LogP contribution >= 0.6 is 11.8 Å². The maximum atomic E-state index is 13.2. The van der Waals surface area contributed by atoms with Crippen LogP contribution in [0.3, 0.4) is 0 Å². The van der Waals surface area contributed by atoms with E-state index in [9.17, 15) is 29.1 Å². The molecule has 1 aromatic heterocycles. The Kier molecular flexibility index (Phi) is 12.3. The van der Waals surface area contributed by atoms with Crippen molar-refractivity contribution in [3.05, 3.63) is 36.0 Å². The second kappa shape index (κ2) is 15.1. The van der Waals surface area contributed by atoms with Crippen LogP contribution in [0.1, 0.15) is 38.7 Å². The van der Waals surface area contributed by atoms with Crippen LogP contribution in [0, 0.1) is 5.92 Å². The number of fused-ring (bicyclic) bond motifs is 1. The summed E-state index contributed by atoms with van der Waals surface area (Å²) in [5.74, 6) is -3.52. The molecule has 0 aliphatic rings. The predicted molar refractivity (Wildman–Crippen MR) is 150 cm³/mol. The van der Waals surface area contributed by atoms with Gasteiger partial charge >= 0.3 is 5.97 Å². The van der Waals surface area contributed by atoms with Crippen molar-refractivity contribution in [3.63, 3.8) is 0 Å². The molecule has 12 nitrogen and oxygen atoms in total. The summed E-state index contributed by atoms with van der Waals surface area (Å²) in [5.41, 5.74) is 12.5. The number of thioether (sulfide) groups is 1. The van der Waals surface area contributed by atoms with E-state index < -0.39 is 53.8 Å². The van der Waals surface area contributed by atoms with Crippen LogP contribution in [0.2, 0.25) is 0 Å². The zero-order valence-electron chi connectivity index (χ0n) is 22.4. The van der Waals surface area contributed by atoms with Crippen molar-refractivity contribution in [1.82, 2.24) is 20.9 Å². The van der Waals surface area contributed by atoms with E-state index >= 15 is 0 Å². The maximum Gasteiger partial charge on any atom is 0.326 e. The number of H-pyrrole nitrogens is 1. The number of rotatable bonds is 16. The largest absolute Gasteiger partial charge is 0.480 e. The van der Waals surface area contributed by atoms with Gasteiger partial charge in [-0.15, -0.1) is 0 Å². The standard InChI is InChI=1S/C26H38N6O6S/c1-14(2)22(32-24(35)19(10-11-39-3)30-23(34)17(27)8-9-21(28)33)25(36)31-20(26(37)38)12-15-13-29-18-7-5-4-6-16(15)18/h4-7,13-14,17,19-20,22,29H,8-12,27H2,1-3H3,(H2,28,33)(H,30,34)(H,31,36)(H,32,35)(H,37,38). The molecule has 9 N–H and O–H groups in total. The summed E-state index contributed by atoms with van der Waals surface area (Å²) in [4.78, 5) is 65.0. The third-order valence-electron chi connectivity index (χ3n) is 6.24. The first-order chi connectivity index (χ1) is 18.4. The van der Waals surface area contributed by atoms with Gasteiger partial charge in [0.05, 0.1) is 6.04 Å². The van der Waals surface area contributed by atoms with Gasteiger partial charge in [-0.25, -0.2) is 4.79 Å². The number of para-hydroxylation sites is 1. The number of carboxylic acid groups (broad SMARTS) is 1. The lowest BCUT2D eigenvalue weighted by atomic mass is 10.0. The summed E-state index contributed by atoms with van der Waals surface area (Å²) in [5, 5.41) is 18.5. The van der Waals surface area contributed by atoms with Gasteiger partial charge in [0.15, 0.2) is 0 Å². The van der Waals surface area contributed by atoms with Gasteiger partial charge in [0, 0.05) is 29.9 Å². The van der Waals surface area contributed by atoms with E-state index in [4.69, 9.17) is 11.5 Å². The first kappa shape index (κ1) is 31.6. The van der Waals surface area contributed by atoms with Gasteiger partial charge in [0.1, 0.15) is 18.1 Å². The van der Waals surface area contributed by atoms with Crippen LogP contribution < -0.4 is 27.4 Å². The first-order valence-corrected chi connectivity index (χ1v) is 14.1. The monoisotopic (exact) mass is 562 g/mol. The summed E-state index contributed by atoms with van der Waals surface area (Å²) in [7, 11) is 0. The molecule has 39 heavy (non-hydrogen) atoms. The number of hydrogen-bond donors (Lipinski definition) is 7. The molecule has 2 rings (SSSR count). The average molecular weight is 563 g/mol. The molecule has 0 spiro atoms. The summed E-state index contributed by atoms with van der Waals surface area (Å²) in [6.07, 6.45) is 3.82. The van der Waals surface area contributed by atoms with Crippen LogP contribution in [-0.2, 0) is 30.4 Å². The Morgan fingerprint density at radius 2 is 1.64 bits per heavy atom. The quantitative estimate of drug-likeness (QED) is 0.150. The number of aromatic amines is 1. The lowest BCUT2D eigenvalue weighted by Gasteiger charge is -2.27. The smallest absolute Gasteiger partial charge is 0.326 e. The molecule has 0 fully saturated rings. The molecule has 4 atom stereocenters. The summed E-state index contributed by atoms with van der Waals surface area (Å²) in [6, 6.07) is 3.13. The SMILES string of the molecule is CSCCC(NC(=O)C(N)CCC(N)=O)C(=O)NC(C(=O)NC(Cc1c[nH]c2ccccc12)C(=O)O)C(C)C. The number of hydrogen-bond acceptors (Lipinski definition) is 7. The van der Waals surface area contributed by atoms with E-state index in [-0.39, 0.29) is 31.6 Å². The number of aliphatic carboxylic acids is 1. The van der Waals surface area contributed by atoms with Gasteiger partial charge < -0.3 is 37.5 Å². The fraction of sp³-hybridized carbons (Fsp3) is 0.500. The molecule has 1 heterocycles. The molecule has 0 saturated heterocycles. The molecule has 4 unspecified atom stereocenters. The molecular formula is C26H38N6O6S. The number of carbonyl (C=O) groups is 5. The fourth-order valence-electron chi connectivity index (χ4n) is 3.98. The van der Waals surface area contributed by atoms with Crippen LogP contribution in [0.25, 0.3) is 10.9 Å². The number of nitrogens with two attached hydrogens (primary N) is 2. The number of carboxylic acids is 1. The van der Waals surface area contributed by atoms with Crippen LogP contribution in [-0.4, -0.2) is 75.9 Å². The number of primary amides is 1. The molecule has 1 aromatic carbocycles. The lowest BCUT2D eigenvalue weighted by molar-refractivity contribution is -0.142. The Labute approximate surface area is 231 Å². The predicted octanol–water partition coefficient (Wildman–Crippen LogP) is 0.251. The minimum absolute atomic E-state index is 0.0298. The lowest BCUT2D eigenvalue weighted by Crippen LogP contribution is -2.58. The molecule has 0 saturated carbocycles. The van der Waals surface area contributed by atoms with Gasteiger partial charge in [0.25, 0.3) is 0 Å². The topological polar surface area (TPSA) is 209 Å². The van der Waals surface area contributed by atoms with E-state index in [1.807, 2.05) is 30.5 Å². The molecule has 0 aliphatic carbocycles. The summed E-state index contributed by atoms with van der Waals surface area (Å²) in [6.45, 7) is 3.43. The Hall–Kier alpha value is -3.58. The van der Waals surface area contributed by atoms with Gasteiger partial charge in [-0.3, -0.25) is 19.2 Å². The highest BCUT2D eigenvalue weighted by atomic mass is 32.2. The van der Waals surface area contributed by atoms with E-state index in [1.54, 1.807) is 20.0 Å². The molecule has 0 aliphatic heterocycles. The highest BCUT2D eigenvalue weighted by Crippen LogP contribution is 2.19. The van der Waals surface area contributed by atoms with Crippen molar-refractivity contribution < 1.29 is 29.1 Å². The molecular weight excluding hydrogens is 524 g/mol. The van der Waals surface area contributed by atoms with Crippen LogP contribution in [0.4, 0.5) is 0 Å². The number of nitrogens with one attached hydrogen (secondary N) is 4. The minimum Gasteiger partial charge on any atom is -0.480 e. The molecule has 0 radical (unpaired) electrons. The van der Waals surface area contributed by atoms with Crippen molar-refractivity contribution in [2.24, 2.45) is 17.4 Å². The molecule has 2 aromatic rings. The molecule has 13 heteroatoms. The number of amides is 4. The average Bonchev–Trinajstić information content (AvgIpc) is 3.29. The van der Waals surface area contributed by atoms with Crippen molar-refractivity contribution in [1.29, 1.82) is 0 Å². The van der Waals surface area contributed by atoms with Crippen molar-refractivity contribution in [3.8, 4) is 0 Å². The first-order valence-electron chi connectivity index (χ1n) is 12.7. The highest BCUT2D eigenvalue weighted by Gasteiger charge is 2.32. The highest BCUT2D eigenvalue weighted by molar-refractivity contribution is 7.98. The molecule has 4 amide bonds. The van der Waals surface area contributed by atoms with E-state index in [0.29, 0.717) is 5.75 Å². The zero-order chi connectivity index (χ0) is 29.1. The second-order valence-corrected chi connectivity index (χ2v) is 10.6. The normalized spacial score (nSPS) is 14.3. The van der Waals surface area contributed by atoms with Crippen LogP contribution in [0.15, 0.2) is 30.5 Å². The third kappa shape index (κ3) is 9.59. The fourth-order valence-corrected chi connectivity index (χ4v) is 4.45. The number of benzene rings is 1. The van der Waals surface area contributed by atoms with Crippen LogP contribution in [0.5, 0.6) is 0 Å². The summed E-state index contributed by atoms with van der Waals surface area (Å²) < 4.78 is 0.